The van der Waals surface area contributed by atoms with Crippen LogP contribution in [-0.4, -0.2) is 11.1 Å². The summed E-state index contributed by atoms with van der Waals surface area (Å²) in [6, 6.07) is 11.8. The molecule has 0 heterocycles. The molecule has 2 aromatic carbocycles. The van der Waals surface area contributed by atoms with Crippen molar-refractivity contribution in [2.24, 2.45) is 0 Å². The van der Waals surface area contributed by atoms with Crippen LogP contribution in [0.1, 0.15) is 10.4 Å². The molecule has 86 valence electrons. The predicted octanol–water partition coefficient (Wildman–Crippen LogP) is 2.22. The van der Waals surface area contributed by atoms with Gasteiger partial charge in [0.15, 0.2) is 0 Å². The molecule has 5 N–H and O–H groups in total. The number of hydrogen-bond acceptors (Lipinski definition) is 3. The number of anilines is 2. The van der Waals surface area contributed by atoms with Crippen LogP contribution in [0, 0.1) is 0 Å². The number of carbonyl (C=O) groups is 1. The van der Waals surface area contributed by atoms with Crippen molar-refractivity contribution in [2.45, 2.75) is 0 Å². The number of aromatic carboxylic acids is 1. The highest BCUT2D eigenvalue weighted by Crippen LogP contribution is 2.31. The number of carboxylic acids is 1. The minimum Gasteiger partial charge on any atom is -0.478 e. The van der Waals surface area contributed by atoms with Gasteiger partial charge in [-0.3, -0.25) is 0 Å². The Morgan fingerprint density at radius 2 is 1.59 bits per heavy atom. The molecule has 0 amide bonds. The van der Waals surface area contributed by atoms with Crippen molar-refractivity contribution in [1.29, 1.82) is 0 Å². The second-order valence-electron chi connectivity index (χ2n) is 3.69. The molecule has 0 bridgehead atoms. The molecular weight excluding hydrogens is 216 g/mol. The van der Waals surface area contributed by atoms with E-state index in [1.807, 2.05) is 18.2 Å². The third-order valence-electron chi connectivity index (χ3n) is 2.55. The maximum Gasteiger partial charge on any atom is 0.335 e. The summed E-state index contributed by atoms with van der Waals surface area (Å²) in [5, 5.41) is 8.94. The van der Waals surface area contributed by atoms with Gasteiger partial charge in [-0.1, -0.05) is 18.2 Å². The van der Waals surface area contributed by atoms with Crippen molar-refractivity contribution in [2.75, 3.05) is 11.5 Å². The van der Waals surface area contributed by atoms with E-state index in [4.69, 9.17) is 16.6 Å². The largest absolute Gasteiger partial charge is 0.478 e. The van der Waals surface area contributed by atoms with E-state index in [0.29, 0.717) is 16.9 Å². The number of nitrogens with two attached hydrogens (primary N) is 2. The number of para-hydroxylation sites is 1. The Morgan fingerprint density at radius 3 is 2.24 bits per heavy atom. The predicted molar refractivity (Wildman–Crippen MR) is 67.7 cm³/mol. The topological polar surface area (TPSA) is 89.3 Å². The molecule has 2 rings (SSSR count). The second kappa shape index (κ2) is 4.17. The third-order valence-corrected chi connectivity index (χ3v) is 2.55. The van der Waals surface area contributed by atoms with Crippen LogP contribution in [0.5, 0.6) is 0 Å². The Labute approximate surface area is 98.5 Å². The summed E-state index contributed by atoms with van der Waals surface area (Å²) in [6.45, 7) is 0. The minimum absolute atomic E-state index is 0.192. The van der Waals surface area contributed by atoms with E-state index in [2.05, 4.69) is 0 Å². The van der Waals surface area contributed by atoms with Crippen LogP contribution >= 0.6 is 0 Å². The van der Waals surface area contributed by atoms with E-state index in [9.17, 15) is 4.79 Å². The summed E-state index contributed by atoms with van der Waals surface area (Å²) in [5.41, 5.74) is 14.3. The highest BCUT2D eigenvalue weighted by Gasteiger charge is 2.10. The number of carboxylic acid groups (broad SMARTS) is 1. The van der Waals surface area contributed by atoms with Crippen molar-refractivity contribution in [3.63, 3.8) is 0 Å². The zero-order valence-corrected chi connectivity index (χ0v) is 9.05. The van der Waals surface area contributed by atoms with Crippen LogP contribution in [0.3, 0.4) is 0 Å². The smallest absolute Gasteiger partial charge is 0.335 e. The molecule has 4 nitrogen and oxygen atoms in total. The molecule has 0 aromatic heterocycles. The van der Waals surface area contributed by atoms with Gasteiger partial charge in [-0.05, 0) is 24.3 Å². The van der Waals surface area contributed by atoms with Gasteiger partial charge in [0.2, 0.25) is 0 Å². The Kier molecular flexibility index (Phi) is 2.70. The minimum atomic E-state index is -0.985. The van der Waals surface area contributed by atoms with E-state index >= 15 is 0 Å². The van der Waals surface area contributed by atoms with E-state index < -0.39 is 5.97 Å². The van der Waals surface area contributed by atoms with Gasteiger partial charge in [-0.2, -0.15) is 0 Å². The van der Waals surface area contributed by atoms with Gasteiger partial charge in [0.1, 0.15) is 0 Å². The lowest BCUT2D eigenvalue weighted by molar-refractivity contribution is 0.0697. The molecule has 0 saturated heterocycles. The molecule has 0 saturated carbocycles. The van der Waals surface area contributed by atoms with Crippen molar-refractivity contribution < 1.29 is 9.90 Å². The zero-order valence-electron chi connectivity index (χ0n) is 9.05. The normalized spacial score (nSPS) is 10.1. The quantitative estimate of drug-likeness (QED) is 0.687. The van der Waals surface area contributed by atoms with Gasteiger partial charge in [0.25, 0.3) is 0 Å². The fraction of sp³-hybridized carbons (Fsp3) is 0. The van der Waals surface area contributed by atoms with Crippen LogP contribution in [0.4, 0.5) is 11.4 Å². The van der Waals surface area contributed by atoms with E-state index in [-0.39, 0.29) is 5.56 Å². The first kappa shape index (κ1) is 11.0. The maximum absolute atomic E-state index is 10.9. The lowest BCUT2D eigenvalue weighted by Gasteiger charge is -2.09. The van der Waals surface area contributed by atoms with Gasteiger partial charge >= 0.3 is 5.97 Å². The fourth-order valence-electron chi connectivity index (χ4n) is 1.66. The maximum atomic E-state index is 10.9. The first-order valence-corrected chi connectivity index (χ1v) is 5.07. The van der Waals surface area contributed by atoms with Crippen molar-refractivity contribution in [3.8, 4) is 11.1 Å². The van der Waals surface area contributed by atoms with Crippen molar-refractivity contribution >= 4 is 17.3 Å². The van der Waals surface area contributed by atoms with E-state index in [1.54, 1.807) is 12.1 Å². The summed E-state index contributed by atoms with van der Waals surface area (Å²) < 4.78 is 0. The Bertz CT molecular complexity index is 579. The molecule has 2 aromatic rings. The molecule has 0 radical (unpaired) electrons. The summed E-state index contributed by atoms with van der Waals surface area (Å²) in [6.07, 6.45) is 0. The van der Waals surface area contributed by atoms with Crippen LogP contribution < -0.4 is 11.5 Å². The van der Waals surface area contributed by atoms with Crippen LogP contribution in [-0.2, 0) is 0 Å². The van der Waals surface area contributed by atoms with Crippen molar-refractivity contribution in [3.05, 3.63) is 48.0 Å². The highest BCUT2D eigenvalue weighted by atomic mass is 16.4. The fourth-order valence-corrected chi connectivity index (χ4v) is 1.66. The standard InChI is InChI=1S/C13H12N2O2/c14-11-4-2-1-3-9(11)10-7-8(13(16)17)5-6-12(10)15/h1-7H,14-15H2,(H,16,17). The third kappa shape index (κ3) is 2.06. The Balaban J connectivity index is 2.63. The van der Waals surface area contributed by atoms with Crippen LogP contribution in [0.15, 0.2) is 42.5 Å². The highest BCUT2D eigenvalue weighted by molar-refractivity contribution is 5.93. The van der Waals surface area contributed by atoms with Crippen LogP contribution in [0.2, 0.25) is 0 Å². The molecule has 4 heteroatoms. The molecule has 0 aliphatic carbocycles. The first-order chi connectivity index (χ1) is 8.09. The molecule has 17 heavy (non-hydrogen) atoms. The summed E-state index contributed by atoms with van der Waals surface area (Å²) >= 11 is 0. The van der Waals surface area contributed by atoms with E-state index in [1.165, 1.54) is 12.1 Å². The lowest BCUT2D eigenvalue weighted by Crippen LogP contribution is -2.00. The SMILES string of the molecule is Nc1ccccc1-c1cc(C(=O)O)ccc1N. The molecule has 0 spiro atoms. The average Bonchev–Trinajstić information content (AvgIpc) is 2.30. The van der Waals surface area contributed by atoms with Gasteiger partial charge in [-0.15, -0.1) is 0 Å². The van der Waals surface area contributed by atoms with Gasteiger partial charge in [-0.25, -0.2) is 4.79 Å². The van der Waals surface area contributed by atoms with Crippen molar-refractivity contribution in [1.82, 2.24) is 0 Å². The zero-order chi connectivity index (χ0) is 12.4. The Morgan fingerprint density at radius 1 is 0.941 bits per heavy atom. The number of hydrogen-bond donors (Lipinski definition) is 3. The summed E-state index contributed by atoms with van der Waals surface area (Å²) in [7, 11) is 0. The van der Waals surface area contributed by atoms with Crippen LogP contribution in [0.25, 0.3) is 11.1 Å². The van der Waals surface area contributed by atoms with E-state index in [0.717, 1.165) is 5.56 Å². The van der Waals surface area contributed by atoms with Gasteiger partial charge < -0.3 is 16.6 Å². The Hall–Kier alpha value is -2.49. The molecule has 0 fully saturated rings. The monoisotopic (exact) mass is 228 g/mol. The first-order valence-electron chi connectivity index (χ1n) is 5.07. The molecule has 0 atom stereocenters. The molecule has 0 unspecified atom stereocenters. The molecule has 0 aliphatic heterocycles. The number of rotatable bonds is 2. The van der Waals surface area contributed by atoms with Gasteiger partial charge in [0, 0.05) is 22.5 Å². The lowest BCUT2D eigenvalue weighted by atomic mass is 10.00. The summed E-state index contributed by atoms with van der Waals surface area (Å²) in [5.74, 6) is -0.985. The van der Waals surface area contributed by atoms with Gasteiger partial charge in [0.05, 0.1) is 5.56 Å². The average molecular weight is 228 g/mol. The molecular formula is C13H12N2O2. The summed E-state index contributed by atoms with van der Waals surface area (Å²) in [4.78, 5) is 10.9. The second-order valence-corrected chi connectivity index (χ2v) is 3.69. The molecule has 0 aliphatic rings. The number of benzene rings is 2. The number of nitrogen functional groups attached to an aromatic ring is 2.